The van der Waals surface area contributed by atoms with Crippen molar-refractivity contribution in [1.29, 1.82) is 0 Å². The molecule has 0 aromatic carbocycles. The highest BCUT2D eigenvalue weighted by atomic mass is 16.6. The molecule has 0 amide bonds. The first-order chi connectivity index (χ1) is 19.4. The van der Waals surface area contributed by atoms with Crippen LogP contribution in [0.1, 0.15) is 162 Å². The Kier molecular flexibility index (Phi) is 26.4. The molecule has 40 heavy (non-hydrogen) atoms. The van der Waals surface area contributed by atoms with E-state index in [2.05, 4.69) is 20.8 Å². The molecule has 7 nitrogen and oxygen atoms in total. The number of carbonyl (C=O) groups excluding carboxylic acids is 3. The first kappa shape index (κ1) is 38.4. The number of hydrogen-bond donors (Lipinski definition) is 1. The van der Waals surface area contributed by atoms with Gasteiger partial charge in [-0.3, -0.25) is 14.4 Å². The van der Waals surface area contributed by atoms with Gasteiger partial charge in [0.05, 0.1) is 12.0 Å². The summed E-state index contributed by atoms with van der Waals surface area (Å²) in [4.78, 5) is 37.1. The van der Waals surface area contributed by atoms with Gasteiger partial charge in [-0.05, 0) is 19.3 Å². The van der Waals surface area contributed by atoms with E-state index in [1.54, 1.807) is 0 Å². The lowest BCUT2D eigenvalue weighted by atomic mass is 9.92. The molecule has 0 aromatic heterocycles. The Morgan fingerprint density at radius 1 is 0.450 bits per heavy atom. The molecule has 0 atom stereocenters. The van der Waals surface area contributed by atoms with E-state index in [1.807, 2.05) is 0 Å². The zero-order valence-corrected chi connectivity index (χ0v) is 26.3. The van der Waals surface area contributed by atoms with E-state index in [4.69, 9.17) is 14.2 Å². The van der Waals surface area contributed by atoms with Gasteiger partial charge in [0.2, 0.25) is 0 Å². The molecule has 0 bridgehead atoms. The predicted molar refractivity (Wildman–Crippen MR) is 161 cm³/mol. The van der Waals surface area contributed by atoms with Crippen LogP contribution in [-0.4, -0.2) is 49.4 Å². The van der Waals surface area contributed by atoms with Crippen LogP contribution in [0.15, 0.2) is 0 Å². The minimum absolute atomic E-state index is 0.159. The minimum Gasteiger partial charge on any atom is -0.465 e. The van der Waals surface area contributed by atoms with Crippen molar-refractivity contribution >= 4 is 17.9 Å². The van der Waals surface area contributed by atoms with Crippen LogP contribution in [-0.2, 0) is 28.6 Å². The smallest absolute Gasteiger partial charge is 0.305 e. The Hall–Kier alpha value is -1.63. The number of unbranched alkanes of at least 4 members (excludes halogenated alkanes) is 16. The van der Waals surface area contributed by atoms with E-state index in [0.717, 1.165) is 70.6 Å². The molecule has 0 aliphatic rings. The summed E-state index contributed by atoms with van der Waals surface area (Å²) in [6, 6.07) is 0. The van der Waals surface area contributed by atoms with Gasteiger partial charge in [0, 0.05) is 19.3 Å². The Bertz CT molecular complexity index is 586. The summed E-state index contributed by atoms with van der Waals surface area (Å²) >= 11 is 0. The lowest BCUT2D eigenvalue weighted by Crippen LogP contribution is -2.42. The fourth-order valence-electron chi connectivity index (χ4n) is 4.50. The Labute approximate surface area is 245 Å². The van der Waals surface area contributed by atoms with Crippen molar-refractivity contribution in [3.05, 3.63) is 0 Å². The molecule has 0 fully saturated rings. The van der Waals surface area contributed by atoms with Gasteiger partial charge in [-0.2, -0.15) is 0 Å². The van der Waals surface area contributed by atoms with Crippen LogP contribution in [0.2, 0.25) is 0 Å². The third-order valence-electron chi connectivity index (χ3n) is 7.41. The van der Waals surface area contributed by atoms with Crippen LogP contribution in [0.5, 0.6) is 0 Å². The summed E-state index contributed by atoms with van der Waals surface area (Å²) in [5.74, 6) is -1.04. The van der Waals surface area contributed by atoms with Crippen LogP contribution in [0.4, 0.5) is 0 Å². The van der Waals surface area contributed by atoms with E-state index in [-0.39, 0.29) is 37.7 Å². The second kappa shape index (κ2) is 27.5. The van der Waals surface area contributed by atoms with E-state index in [1.165, 1.54) is 51.4 Å². The highest BCUT2D eigenvalue weighted by Crippen LogP contribution is 2.21. The fourth-order valence-corrected chi connectivity index (χ4v) is 4.50. The van der Waals surface area contributed by atoms with Gasteiger partial charge >= 0.3 is 17.9 Å². The lowest BCUT2D eigenvalue weighted by molar-refractivity contribution is -0.165. The summed E-state index contributed by atoms with van der Waals surface area (Å²) in [6.45, 7) is 5.62. The summed E-state index contributed by atoms with van der Waals surface area (Å²) in [7, 11) is 0. The first-order valence-corrected chi connectivity index (χ1v) is 16.5. The van der Waals surface area contributed by atoms with Crippen LogP contribution < -0.4 is 0 Å². The largest absolute Gasteiger partial charge is 0.465 e. The summed E-state index contributed by atoms with van der Waals surface area (Å²) in [5, 5.41) is 10.2. The number of ether oxygens (including phenoxy) is 3. The molecule has 7 heteroatoms. The minimum atomic E-state index is -1.16. The molecular weight excluding hydrogens is 508 g/mol. The predicted octanol–water partition coefficient (Wildman–Crippen LogP) is 8.24. The van der Waals surface area contributed by atoms with Crippen molar-refractivity contribution in [2.24, 2.45) is 5.41 Å². The zero-order chi connectivity index (χ0) is 29.7. The molecule has 0 aliphatic heterocycles. The molecule has 1 N–H and O–H groups in total. The summed E-state index contributed by atoms with van der Waals surface area (Å²) in [5.41, 5.74) is -1.16. The van der Waals surface area contributed by atoms with Crippen molar-refractivity contribution in [2.75, 3.05) is 26.4 Å². The molecule has 0 saturated heterocycles. The summed E-state index contributed by atoms with van der Waals surface area (Å²) in [6.07, 6.45) is 21.5. The van der Waals surface area contributed by atoms with Crippen molar-refractivity contribution in [2.45, 2.75) is 162 Å². The standard InChI is InChI=1S/C33H62O7/c1-4-7-10-13-15-18-21-24-31(36)39-28-33(26-34,27-38-30(35)23-20-17-12-9-6-3)29-40-32(37)25-22-19-16-14-11-8-5-2/h34H,4-29H2,1-3H3. The molecule has 0 heterocycles. The van der Waals surface area contributed by atoms with Crippen molar-refractivity contribution in [3.8, 4) is 0 Å². The lowest BCUT2D eigenvalue weighted by Gasteiger charge is -2.30. The van der Waals surface area contributed by atoms with Gasteiger partial charge in [0.1, 0.15) is 19.8 Å². The van der Waals surface area contributed by atoms with Crippen molar-refractivity contribution in [1.82, 2.24) is 0 Å². The number of esters is 3. The topological polar surface area (TPSA) is 99.1 Å². The monoisotopic (exact) mass is 570 g/mol. The molecule has 0 unspecified atom stereocenters. The number of carbonyl (C=O) groups is 3. The van der Waals surface area contributed by atoms with Gasteiger partial charge in [0.15, 0.2) is 0 Å². The molecule has 236 valence electrons. The Morgan fingerprint density at radius 3 is 0.950 bits per heavy atom. The number of aliphatic hydroxyl groups excluding tert-OH is 1. The fraction of sp³-hybridized carbons (Fsp3) is 0.909. The highest BCUT2D eigenvalue weighted by Gasteiger charge is 2.35. The SMILES string of the molecule is CCCCCCCCCC(=O)OCC(CO)(COC(=O)CCCCCCC)COC(=O)CCCCCCCCC. The number of rotatable bonds is 29. The number of aliphatic hydroxyl groups is 1. The van der Waals surface area contributed by atoms with Gasteiger partial charge < -0.3 is 19.3 Å². The Morgan fingerprint density at radius 2 is 0.700 bits per heavy atom. The zero-order valence-electron chi connectivity index (χ0n) is 26.3. The quantitative estimate of drug-likeness (QED) is 0.0549. The van der Waals surface area contributed by atoms with Gasteiger partial charge in [0.25, 0.3) is 0 Å². The van der Waals surface area contributed by atoms with E-state index in [0.29, 0.717) is 19.3 Å². The molecule has 0 saturated carbocycles. The van der Waals surface area contributed by atoms with E-state index in [9.17, 15) is 19.5 Å². The van der Waals surface area contributed by atoms with Gasteiger partial charge in [-0.15, -0.1) is 0 Å². The molecule has 0 aliphatic carbocycles. The van der Waals surface area contributed by atoms with E-state index < -0.39 is 12.0 Å². The van der Waals surface area contributed by atoms with Crippen molar-refractivity contribution < 1.29 is 33.7 Å². The van der Waals surface area contributed by atoms with Gasteiger partial charge in [-0.1, -0.05) is 124 Å². The van der Waals surface area contributed by atoms with Crippen LogP contribution in [0, 0.1) is 5.41 Å². The average Bonchev–Trinajstić information content (AvgIpc) is 2.96. The molecule has 0 radical (unpaired) electrons. The van der Waals surface area contributed by atoms with Crippen LogP contribution in [0.3, 0.4) is 0 Å². The maximum Gasteiger partial charge on any atom is 0.305 e. The van der Waals surface area contributed by atoms with Crippen LogP contribution >= 0.6 is 0 Å². The molecule has 0 spiro atoms. The highest BCUT2D eigenvalue weighted by molar-refractivity contribution is 5.70. The summed E-state index contributed by atoms with van der Waals surface area (Å²) < 4.78 is 16.5. The molecule has 0 rings (SSSR count). The van der Waals surface area contributed by atoms with E-state index >= 15 is 0 Å². The maximum absolute atomic E-state index is 12.4. The normalized spacial score (nSPS) is 11.4. The third kappa shape index (κ3) is 23.1. The van der Waals surface area contributed by atoms with Gasteiger partial charge in [-0.25, -0.2) is 0 Å². The second-order valence-corrected chi connectivity index (χ2v) is 11.5. The van der Waals surface area contributed by atoms with Crippen molar-refractivity contribution in [3.63, 3.8) is 0 Å². The molecule has 0 aromatic rings. The Balaban J connectivity index is 4.70. The second-order valence-electron chi connectivity index (χ2n) is 11.5. The first-order valence-electron chi connectivity index (χ1n) is 16.5. The number of hydrogen-bond acceptors (Lipinski definition) is 7. The molecular formula is C33H62O7. The maximum atomic E-state index is 12.4. The van der Waals surface area contributed by atoms with Crippen LogP contribution in [0.25, 0.3) is 0 Å². The third-order valence-corrected chi connectivity index (χ3v) is 7.41. The average molecular weight is 571 g/mol.